The fourth-order valence-electron chi connectivity index (χ4n) is 3.14. The van der Waals surface area contributed by atoms with Crippen LogP contribution < -0.4 is 0 Å². The summed E-state index contributed by atoms with van der Waals surface area (Å²) in [6.45, 7) is 3.67. The Hall–Kier alpha value is -1.54. The fourth-order valence-corrected chi connectivity index (χ4v) is 3.40. The van der Waals surface area contributed by atoms with Gasteiger partial charge in [0.15, 0.2) is 0 Å². The number of alkyl halides is 1. The van der Waals surface area contributed by atoms with E-state index in [9.17, 15) is 4.79 Å². The quantitative estimate of drug-likeness (QED) is 0.757. The maximum absolute atomic E-state index is 12.8. The first-order valence-corrected chi connectivity index (χ1v) is 8.01. The highest BCUT2D eigenvalue weighted by molar-refractivity contribution is 6.20. The van der Waals surface area contributed by atoms with E-state index in [0.29, 0.717) is 5.92 Å². The van der Waals surface area contributed by atoms with Gasteiger partial charge in [-0.3, -0.25) is 4.79 Å². The van der Waals surface area contributed by atoms with Crippen LogP contribution in [0.25, 0.3) is 10.8 Å². The van der Waals surface area contributed by atoms with Crippen LogP contribution in [0.2, 0.25) is 0 Å². The predicted molar refractivity (Wildman–Crippen MR) is 87.9 cm³/mol. The molecule has 0 bridgehead atoms. The summed E-state index contributed by atoms with van der Waals surface area (Å²) < 4.78 is 0. The van der Waals surface area contributed by atoms with Crippen LogP contribution in [-0.4, -0.2) is 29.3 Å². The summed E-state index contributed by atoms with van der Waals surface area (Å²) in [5.41, 5.74) is 0.811. The number of piperidine rings is 1. The second-order valence-electron chi connectivity index (χ2n) is 5.83. The van der Waals surface area contributed by atoms with Crippen molar-refractivity contribution in [1.29, 1.82) is 0 Å². The van der Waals surface area contributed by atoms with Gasteiger partial charge in [0.05, 0.1) is 0 Å². The Balaban J connectivity index is 1.82. The van der Waals surface area contributed by atoms with Crippen LogP contribution >= 0.6 is 11.6 Å². The van der Waals surface area contributed by atoms with Gasteiger partial charge in [0.1, 0.15) is 0 Å². The number of carbonyl (C=O) groups is 1. The number of rotatable bonds is 2. The zero-order valence-corrected chi connectivity index (χ0v) is 13.0. The second kappa shape index (κ2) is 6.07. The maximum Gasteiger partial charge on any atom is 0.254 e. The average Bonchev–Trinajstić information content (AvgIpc) is 2.53. The van der Waals surface area contributed by atoms with Crippen LogP contribution in [0.1, 0.15) is 30.1 Å². The molecule has 0 spiro atoms. The molecule has 0 saturated carbocycles. The number of hydrogen-bond acceptors (Lipinski definition) is 1. The number of halogens is 1. The monoisotopic (exact) mass is 301 g/mol. The molecule has 1 saturated heterocycles. The van der Waals surface area contributed by atoms with Gasteiger partial charge in [-0.05, 0) is 42.5 Å². The number of amides is 1. The smallest absolute Gasteiger partial charge is 0.254 e. The first-order valence-electron chi connectivity index (χ1n) is 7.58. The number of hydrogen-bond donors (Lipinski definition) is 0. The SMILES string of the molecule is CC(Cl)C1CCN(C(=O)c2cccc3ccccc23)CC1. The largest absolute Gasteiger partial charge is 0.339 e. The Labute approximate surface area is 130 Å². The van der Waals surface area contributed by atoms with Crippen LogP contribution in [0.4, 0.5) is 0 Å². The average molecular weight is 302 g/mol. The van der Waals surface area contributed by atoms with E-state index in [0.717, 1.165) is 42.3 Å². The number of carbonyl (C=O) groups excluding carboxylic acids is 1. The third-order valence-electron chi connectivity index (χ3n) is 4.50. The first kappa shape index (κ1) is 14.4. The van der Waals surface area contributed by atoms with Crippen molar-refractivity contribution in [2.75, 3.05) is 13.1 Å². The van der Waals surface area contributed by atoms with E-state index in [1.165, 1.54) is 0 Å². The molecule has 1 aliphatic heterocycles. The van der Waals surface area contributed by atoms with Crippen molar-refractivity contribution in [3.63, 3.8) is 0 Å². The Kier molecular flexibility index (Phi) is 4.16. The standard InChI is InChI=1S/C18H20ClNO/c1-13(19)14-9-11-20(12-10-14)18(21)17-8-4-6-15-5-2-3-7-16(15)17/h2-8,13-14H,9-12H2,1H3. The van der Waals surface area contributed by atoms with Gasteiger partial charge >= 0.3 is 0 Å². The Morgan fingerprint density at radius 2 is 1.81 bits per heavy atom. The van der Waals surface area contributed by atoms with Crippen molar-refractivity contribution in [3.05, 3.63) is 48.0 Å². The van der Waals surface area contributed by atoms with E-state index in [1.807, 2.05) is 47.4 Å². The van der Waals surface area contributed by atoms with Gasteiger partial charge in [0.25, 0.3) is 5.91 Å². The lowest BCUT2D eigenvalue weighted by molar-refractivity contribution is 0.0692. The molecule has 2 nitrogen and oxygen atoms in total. The molecular formula is C18H20ClNO. The molecule has 1 fully saturated rings. The van der Waals surface area contributed by atoms with Crippen LogP contribution in [0.15, 0.2) is 42.5 Å². The lowest BCUT2D eigenvalue weighted by Crippen LogP contribution is -2.40. The van der Waals surface area contributed by atoms with Gasteiger partial charge in [-0.25, -0.2) is 0 Å². The highest BCUT2D eigenvalue weighted by Gasteiger charge is 2.26. The van der Waals surface area contributed by atoms with Crippen molar-refractivity contribution in [1.82, 2.24) is 4.90 Å². The number of nitrogens with zero attached hydrogens (tertiary/aromatic N) is 1. The summed E-state index contributed by atoms with van der Waals surface area (Å²) >= 11 is 6.18. The molecule has 0 N–H and O–H groups in total. The van der Waals surface area contributed by atoms with E-state index in [-0.39, 0.29) is 11.3 Å². The molecule has 2 aromatic carbocycles. The molecular weight excluding hydrogens is 282 g/mol. The zero-order chi connectivity index (χ0) is 14.8. The first-order chi connectivity index (χ1) is 10.2. The van der Waals surface area contributed by atoms with Gasteiger partial charge in [-0.2, -0.15) is 0 Å². The molecule has 3 rings (SSSR count). The van der Waals surface area contributed by atoms with Gasteiger partial charge < -0.3 is 4.90 Å². The lowest BCUT2D eigenvalue weighted by Gasteiger charge is -2.33. The highest BCUT2D eigenvalue weighted by Crippen LogP contribution is 2.26. The topological polar surface area (TPSA) is 20.3 Å². The lowest BCUT2D eigenvalue weighted by atomic mass is 9.93. The molecule has 1 amide bonds. The summed E-state index contributed by atoms with van der Waals surface area (Å²) in [6, 6.07) is 14.0. The molecule has 110 valence electrons. The molecule has 1 heterocycles. The van der Waals surface area contributed by atoms with E-state index >= 15 is 0 Å². The summed E-state index contributed by atoms with van der Waals surface area (Å²) in [6.07, 6.45) is 2.00. The zero-order valence-electron chi connectivity index (χ0n) is 12.3. The van der Waals surface area contributed by atoms with Gasteiger partial charge in [0.2, 0.25) is 0 Å². The summed E-state index contributed by atoms with van der Waals surface area (Å²) in [4.78, 5) is 14.8. The van der Waals surface area contributed by atoms with Gasteiger partial charge in [0, 0.05) is 24.0 Å². The van der Waals surface area contributed by atoms with Gasteiger partial charge in [-0.1, -0.05) is 36.4 Å². The molecule has 1 atom stereocenters. The minimum Gasteiger partial charge on any atom is -0.339 e. The van der Waals surface area contributed by atoms with Crippen LogP contribution in [0.3, 0.4) is 0 Å². The van der Waals surface area contributed by atoms with E-state index in [2.05, 4.69) is 6.92 Å². The fraction of sp³-hybridized carbons (Fsp3) is 0.389. The van der Waals surface area contributed by atoms with Crippen LogP contribution in [0, 0.1) is 5.92 Å². The highest BCUT2D eigenvalue weighted by atomic mass is 35.5. The van der Waals surface area contributed by atoms with Crippen molar-refractivity contribution >= 4 is 28.3 Å². The molecule has 0 aromatic heterocycles. The second-order valence-corrected chi connectivity index (χ2v) is 6.52. The third-order valence-corrected chi connectivity index (χ3v) is 4.85. The van der Waals surface area contributed by atoms with Gasteiger partial charge in [-0.15, -0.1) is 11.6 Å². The van der Waals surface area contributed by atoms with Crippen molar-refractivity contribution in [2.45, 2.75) is 25.1 Å². The predicted octanol–water partition coefficient (Wildman–Crippen LogP) is 4.32. The summed E-state index contributed by atoms with van der Waals surface area (Å²) in [5.74, 6) is 0.677. The molecule has 2 aromatic rings. The minimum absolute atomic E-state index is 0.146. The molecule has 0 aliphatic carbocycles. The number of benzene rings is 2. The molecule has 1 unspecified atom stereocenters. The number of likely N-dealkylation sites (tertiary alicyclic amines) is 1. The number of fused-ring (bicyclic) bond motifs is 1. The minimum atomic E-state index is 0.146. The van der Waals surface area contributed by atoms with Crippen molar-refractivity contribution in [3.8, 4) is 0 Å². The molecule has 21 heavy (non-hydrogen) atoms. The van der Waals surface area contributed by atoms with Crippen molar-refractivity contribution in [2.24, 2.45) is 5.92 Å². The Bertz CT molecular complexity index is 639. The van der Waals surface area contributed by atoms with Crippen molar-refractivity contribution < 1.29 is 4.79 Å². The van der Waals surface area contributed by atoms with Crippen LogP contribution in [0.5, 0.6) is 0 Å². The normalized spacial score (nSPS) is 17.9. The van der Waals surface area contributed by atoms with Crippen LogP contribution in [-0.2, 0) is 0 Å². The van der Waals surface area contributed by atoms with E-state index in [1.54, 1.807) is 0 Å². The summed E-state index contributed by atoms with van der Waals surface area (Å²) in [5, 5.41) is 2.35. The molecule has 1 aliphatic rings. The Morgan fingerprint density at radius 3 is 2.52 bits per heavy atom. The van der Waals surface area contributed by atoms with E-state index in [4.69, 9.17) is 11.6 Å². The summed E-state index contributed by atoms with van der Waals surface area (Å²) in [7, 11) is 0. The molecule has 3 heteroatoms. The molecule has 0 radical (unpaired) electrons. The maximum atomic E-state index is 12.8. The van der Waals surface area contributed by atoms with E-state index < -0.39 is 0 Å². The third kappa shape index (κ3) is 2.91. The Morgan fingerprint density at radius 1 is 1.14 bits per heavy atom.